The number of hydrogen-bond donors (Lipinski definition) is 0. The molecule has 1 aliphatic heterocycles. The van der Waals surface area contributed by atoms with Gasteiger partial charge in [-0.3, -0.25) is 0 Å². The second-order valence-electron chi connectivity index (χ2n) is 5.71. The van der Waals surface area contributed by atoms with Gasteiger partial charge in [0.2, 0.25) is 11.4 Å². The smallest absolute Gasteiger partial charge is 0.433 e. The van der Waals surface area contributed by atoms with Gasteiger partial charge >= 0.3 is 16.2 Å². The zero-order chi connectivity index (χ0) is 20.4. The fourth-order valence-corrected chi connectivity index (χ4v) is 5.23. The molecule has 0 unspecified atom stereocenters. The van der Waals surface area contributed by atoms with Crippen LogP contribution in [0, 0.1) is 6.92 Å². The van der Waals surface area contributed by atoms with Crippen LogP contribution in [-0.2, 0) is 4.74 Å². The standard InChI is InChI=1S/C19H20NO6S2/c1-6-26-18(22)16-10(2)20-17(21)14(27-19(20)28-16)9-11-7-12(23-3)15(25-5)13(8-11)24-4/h7-9H,6H2,1-5H3/q+1/b14-9+. The quantitative estimate of drug-likeness (QED) is 0.402. The normalized spacial score (nSPS) is 14.2. The van der Waals surface area contributed by atoms with Gasteiger partial charge in [-0.25, -0.2) is 9.59 Å². The number of carbonyl (C=O) groups excluding carboxylic acids is 2. The fourth-order valence-electron chi connectivity index (χ4n) is 2.81. The van der Waals surface area contributed by atoms with Gasteiger partial charge in [0.25, 0.3) is 0 Å². The summed E-state index contributed by atoms with van der Waals surface area (Å²) in [5, 5.41) is 0. The summed E-state index contributed by atoms with van der Waals surface area (Å²) in [5.74, 6) is 0.911. The largest absolute Gasteiger partial charge is 0.493 e. The highest BCUT2D eigenvalue weighted by atomic mass is 32.2. The Hall–Kier alpha value is -2.52. The van der Waals surface area contributed by atoms with E-state index in [0.29, 0.717) is 39.3 Å². The third-order valence-corrected chi connectivity index (χ3v) is 6.49. The van der Waals surface area contributed by atoms with Crippen LogP contribution >= 0.6 is 23.1 Å². The molecule has 9 heteroatoms. The summed E-state index contributed by atoms with van der Waals surface area (Å²) in [5.41, 5.74) is 1.33. The van der Waals surface area contributed by atoms with Crippen molar-refractivity contribution in [1.82, 2.24) is 0 Å². The fraction of sp³-hybridized carbons (Fsp3) is 0.316. The van der Waals surface area contributed by atoms with Crippen molar-refractivity contribution in [2.45, 2.75) is 18.2 Å². The van der Waals surface area contributed by atoms with E-state index < -0.39 is 5.97 Å². The molecule has 0 aliphatic carbocycles. The second kappa shape index (κ2) is 8.24. The highest BCUT2D eigenvalue weighted by Crippen LogP contribution is 2.41. The Balaban J connectivity index is 1.97. The number of methoxy groups -OCH3 is 3. The van der Waals surface area contributed by atoms with Crippen molar-refractivity contribution in [2.75, 3.05) is 27.9 Å². The zero-order valence-electron chi connectivity index (χ0n) is 16.2. The molecule has 3 rings (SSSR count). The molecular weight excluding hydrogens is 402 g/mol. The number of benzene rings is 1. The number of nitrogens with zero attached hydrogens (tertiary/aromatic N) is 1. The molecule has 28 heavy (non-hydrogen) atoms. The average Bonchev–Trinajstić information content (AvgIpc) is 3.17. The van der Waals surface area contributed by atoms with Crippen LogP contribution in [0.5, 0.6) is 17.2 Å². The Morgan fingerprint density at radius 2 is 1.79 bits per heavy atom. The summed E-state index contributed by atoms with van der Waals surface area (Å²) in [7, 11) is 4.61. The van der Waals surface area contributed by atoms with E-state index in [0.717, 1.165) is 9.90 Å². The molecule has 0 saturated heterocycles. The van der Waals surface area contributed by atoms with Gasteiger partial charge in [-0.05, 0) is 42.0 Å². The van der Waals surface area contributed by atoms with Gasteiger partial charge in [-0.2, -0.15) is 0 Å². The highest BCUT2D eigenvalue weighted by Gasteiger charge is 2.43. The van der Waals surface area contributed by atoms with Crippen LogP contribution in [0.4, 0.5) is 0 Å². The first kappa shape index (κ1) is 20.2. The van der Waals surface area contributed by atoms with Gasteiger partial charge < -0.3 is 18.9 Å². The molecule has 1 aromatic carbocycles. The average molecular weight is 423 g/mol. The molecule has 0 amide bonds. The Kier molecular flexibility index (Phi) is 5.95. The first-order chi connectivity index (χ1) is 13.4. The van der Waals surface area contributed by atoms with Crippen LogP contribution in [0.1, 0.15) is 32.6 Å². The van der Waals surface area contributed by atoms with Crippen molar-refractivity contribution in [3.63, 3.8) is 0 Å². The number of allylic oxidation sites excluding steroid dienone is 1. The van der Waals surface area contributed by atoms with E-state index in [1.54, 1.807) is 36.6 Å². The number of hydrogen-bond acceptors (Lipinski definition) is 8. The topological polar surface area (TPSA) is 74.9 Å². The van der Waals surface area contributed by atoms with Crippen LogP contribution in [0.25, 0.3) is 6.08 Å². The van der Waals surface area contributed by atoms with E-state index in [2.05, 4.69) is 0 Å². The monoisotopic (exact) mass is 422 g/mol. The summed E-state index contributed by atoms with van der Waals surface area (Å²) in [6.45, 7) is 3.78. The molecule has 2 heterocycles. The summed E-state index contributed by atoms with van der Waals surface area (Å²) in [6, 6.07) is 3.55. The molecule has 0 N–H and O–H groups in total. The number of aromatic nitrogens is 1. The molecule has 0 fully saturated rings. The van der Waals surface area contributed by atoms with Crippen LogP contribution in [0.15, 0.2) is 21.4 Å². The maximum Gasteiger partial charge on any atom is 0.433 e. The Labute approximate surface area is 170 Å². The van der Waals surface area contributed by atoms with Crippen molar-refractivity contribution in [2.24, 2.45) is 0 Å². The van der Waals surface area contributed by atoms with Gasteiger partial charge in [-0.15, -0.1) is 4.57 Å². The number of carbonyl (C=O) groups is 2. The zero-order valence-corrected chi connectivity index (χ0v) is 17.8. The molecule has 2 aromatic rings. The number of rotatable bonds is 6. The van der Waals surface area contributed by atoms with Crippen LogP contribution < -0.4 is 18.8 Å². The minimum absolute atomic E-state index is 0.182. The summed E-state index contributed by atoms with van der Waals surface area (Å²) >= 11 is 2.58. The van der Waals surface area contributed by atoms with Crippen molar-refractivity contribution >= 4 is 41.1 Å². The Morgan fingerprint density at radius 3 is 2.29 bits per heavy atom. The minimum atomic E-state index is -0.407. The van der Waals surface area contributed by atoms with Crippen LogP contribution in [-0.4, -0.2) is 39.8 Å². The van der Waals surface area contributed by atoms with Crippen LogP contribution in [0.2, 0.25) is 0 Å². The van der Waals surface area contributed by atoms with Gasteiger partial charge in [0.15, 0.2) is 16.4 Å². The number of esters is 1. The predicted molar refractivity (Wildman–Crippen MR) is 106 cm³/mol. The molecule has 148 valence electrons. The van der Waals surface area contributed by atoms with Crippen molar-refractivity contribution < 1.29 is 33.1 Å². The van der Waals surface area contributed by atoms with Gasteiger partial charge in [0, 0.05) is 18.7 Å². The molecular formula is C19H20NO6S2+. The second-order valence-corrected chi connectivity index (χ2v) is 8.00. The number of fused-ring (bicyclic) bond motifs is 1. The summed E-state index contributed by atoms with van der Waals surface area (Å²) < 4.78 is 23.4. The molecule has 1 aromatic heterocycles. The lowest BCUT2D eigenvalue weighted by Crippen LogP contribution is -2.41. The number of thiazole rings is 1. The molecule has 7 nitrogen and oxygen atoms in total. The minimum Gasteiger partial charge on any atom is -0.493 e. The van der Waals surface area contributed by atoms with E-state index in [1.807, 2.05) is 0 Å². The number of thioether (sulfide) groups is 1. The Bertz CT molecular complexity index is 954. The highest BCUT2D eigenvalue weighted by molar-refractivity contribution is 8.05. The van der Waals surface area contributed by atoms with E-state index >= 15 is 0 Å². The molecule has 0 spiro atoms. The third kappa shape index (κ3) is 3.47. The Morgan fingerprint density at radius 1 is 1.14 bits per heavy atom. The first-order valence-corrected chi connectivity index (χ1v) is 10.0. The third-order valence-electron chi connectivity index (χ3n) is 4.09. The molecule has 0 saturated carbocycles. The lowest BCUT2D eigenvalue weighted by atomic mass is 10.1. The molecule has 1 aliphatic rings. The lowest BCUT2D eigenvalue weighted by molar-refractivity contribution is -0.606. The molecule has 0 bridgehead atoms. The van der Waals surface area contributed by atoms with Crippen LogP contribution in [0.3, 0.4) is 0 Å². The van der Waals surface area contributed by atoms with Gasteiger partial charge in [0.1, 0.15) is 4.91 Å². The summed E-state index contributed by atoms with van der Waals surface area (Å²) in [6.07, 6.45) is 1.76. The molecule has 0 radical (unpaired) electrons. The van der Waals surface area contributed by atoms with Gasteiger partial charge in [0.05, 0.1) is 27.9 Å². The maximum absolute atomic E-state index is 12.9. The predicted octanol–water partition coefficient (Wildman–Crippen LogP) is 3.33. The van der Waals surface area contributed by atoms with E-state index in [4.69, 9.17) is 18.9 Å². The summed E-state index contributed by atoms with van der Waals surface area (Å²) in [4.78, 5) is 25.9. The lowest BCUT2D eigenvalue weighted by Gasteiger charge is -2.12. The van der Waals surface area contributed by atoms with Crippen molar-refractivity contribution in [3.05, 3.63) is 33.2 Å². The molecule has 0 atom stereocenters. The maximum atomic E-state index is 12.9. The van der Waals surface area contributed by atoms with E-state index in [1.165, 1.54) is 44.4 Å². The first-order valence-electron chi connectivity index (χ1n) is 8.41. The number of ether oxygens (including phenoxy) is 4. The SMILES string of the molecule is CCOC(=O)c1sc2[n+](c1C)C(=O)/C(=C\c1cc(OC)c(OC)c(OC)c1)S2. The van der Waals surface area contributed by atoms with E-state index in [9.17, 15) is 9.59 Å². The van der Waals surface area contributed by atoms with Gasteiger partial charge in [-0.1, -0.05) is 0 Å². The van der Waals surface area contributed by atoms with Crippen molar-refractivity contribution in [1.29, 1.82) is 0 Å². The van der Waals surface area contributed by atoms with E-state index in [-0.39, 0.29) is 5.91 Å². The van der Waals surface area contributed by atoms with Crippen molar-refractivity contribution in [3.8, 4) is 17.2 Å².